The molecule has 6 heteroatoms. The molecular weight excluding hydrogens is 266 g/mol. The van der Waals surface area contributed by atoms with E-state index >= 15 is 0 Å². The summed E-state index contributed by atoms with van der Waals surface area (Å²) in [6.45, 7) is -1.22. The van der Waals surface area contributed by atoms with Gasteiger partial charge in [0.05, 0.1) is 0 Å². The maximum Gasteiger partial charge on any atom is 0.347 e. The van der Waals surface area contributed by atoms with E-state index in [1.165, 1.54) is 6.07 Å². The fourth-order valence-corrected chi connectivity index (χ4v) is 1.91. The number of benzene rings is 1. The average Bonchev–Trinajstić information content (AvgIpc) is 3.10. The Bertz CT molecular complexity index is 475. The Morgan fingerprint density at radius 1 is 1.56 bits per heavy atom. The molecule has 0 bridgehead atoms. The van der Waals surface area contributed by atoms with Crippen molar-refractivity contribution in [2.45, 2.75) is 24.9 Å². The molecule has 1 N–H and O–H groups in total. The summed E-state index contributed by atoms with van der Waals surface area (Å²) in [5.41, 5.74) is 0.514. The van der Waals surface area contributed by atoms with Gasteiger partial charge in [0.15, 0.2) is 11.6 Å². The van der Waals surface area contributed by atoms with E-state index in [9.17, 15) is 13.6 Å². The van der Waals surface area contributed by atoms with Gasteiger partial charge in [0.2, 0.25) is 6.10 Å². The van der Waals surface area contributed by atoms with Gasteiger partial charge in [-0.2, -0.15) is 0 Å². The molecule has 0 saturated heterocycles. The van der Waals surface area contributed by atoms with Gasteiger partial charge in [0.25, 0.3) is 0 Å². The summed E-state index contributed by atoms with van der Waals surface area (Å²) >= 11 is 5.74. The third-order valence-electron chi connectivity index (χ3n) is 2.73. The van der Waals surface area contributed by atoms with Gasteiger partial charge in [-0.15, -0.1) is 0 Å². The second kappa shape index (κ2) is 5.10. The molecule has 18 heavy (non-hydrogen) atoms. The quantitative estimate of drug-likeness (QED) is 0.898. The number of ether oxygens (including phenoxy) is 1. The van der Waals surface area contributed by atoms with Crippen LogP contribution in [-0.4, -0.2) is 23.9 Å². The lowest BCUT2D eigenvalue weighted by atomic mass is 10.1. The van der Waals surface area contributed by atoms with E-state index in [1.807, 2.05) is 0 Å². The fourth-order valence-electron chi connectivity index (χ4n) is 1.69. The van der Waals surface area contributed by atoms with Gasteiger partial charge < -0.3 is 9.84 Å². The number of hydrogen-bond acceptors (Lipinski definition) is 2. The highest BCUT2D eigenvalue weighted by molar-refractivity contribution is 6.30. The van der Waals surface area contributed by atoms with Gasteiger partial charge in [-0.25, -0.2) is 13.6 Å². The van der Waals surface area contributed by atoms with Gasteiger partial charge in [-0.1, -0.05) is 11.6 Å². The van der Waals surface area contributed by atoms with E-state index in [1.54, 1.807) is 0 Å². The van der Waals surface area contributed by atoms with Crippen molar-refractivity contribution in [3.8, 4) is 5.75 Å². The topological polar surface area (TPSA) is 46.5 Å². The minimum absolute atomic E-state index is 0.113. The van der Waals surface area contributed by atoms with Crippen LogP contribution in [0.3, 0.4) is 0 Å². The number of hydrogen-bond donors (Lipinski definition) is 1. The minimum Gasteiger partial charge on any atom is -0.478 e. The largest absolute Gasteiger partial charge is 0.478 e. The van der Waals surface area contributed by atoms with Crippen LogP contribution in [0, 0.1) is 5.82 Å². The highest BCUT2D eigenvalue weighted by atomic mass is 35.5. The maximum absolute atomic E-state index is 13.7. The number of aliphatic carboxylic acids is 1. The molecule has 1 saturated carbocycles. The van der Waals surface area contributed by atoms with Gasteiger partial charge in [0, 0.05) is 10.6 Å². The summed E-state index contributed by atoms with van der Waals surface area (Å²) in [5.74, 6) is -2.31. The number of alkyl halides is 1. The SMILES string of the molecule is O=C(O)C(CF)Oc1c(F)cc(Cl)cc1C1CC1. The molecule has 1 unspecified atom stereocenters. The van der Waals surface area contributed by atoms with Crippen LogP contribution in [0.1, 0.15) is 24.3 Å². The molecule has 1 atom stereocenters. The Hall–Kier alpha value is -1.36. The Balaban J connectivity index is 2.33. The molecule has 1 aliphatic rings. The van der Waals surface area contributed by atoms with Crippen molar-refractivity contribution >= 4 is 17.6 Å². The highest BCUT2D eigenvalue weighted by Gasteiger charge is 2.31. The minimum atomic E-state index is -1.70. The van der Waals surface area contributed by atoms with Crippen molar-refractivity contribution in [3.05, 3.63) is 28.5 Å². The monoisotopic (exact) mass is 276 g/mol. The Morgan fingerprint density at radius 3 is 2.72 bits per heavy atom. The van der Waals surface area contributed by atoms with E-state index in [0.29, 0.717) is 5.56 Å². The standard InChI is InChI=1S/C12H11ClF2O3/c13-7-3-8(6-1-2-6)11(9(15)4-7)18-10(5-14)12(16)17/h3-4,6,10H,1-2,5H2,(H,16,17). The van der Waals surface area contributed by atoms with Crippen LogP contribution in [-0.2, 0) is 4.79 Å². The molecule has 2 rings (SSSR count). The zero-order valence-corrected chi connectivity index (χ0v) is 10.1. The number of rotatable bonds is 5. The van der Waals surface area contributed by atoms with Crippen molar-refractivity contribution < 1.29 is 23.4 Å². The van der Waals surface area contributed by atoms with Crippen LogP contribution in [0.15, 0.2) is 12.1 Å². The van der Waals surface area contributed by atoms with Crippen molar-refractivity contribution in [2.24, 2.45) is 0 Å². The number of halogens is 3. The molecule has 98 valence electrons. The first-order valence-electron chi connectivity index (χ1n) is 5.47. The Labute approximate surface area is 107 Å². The first kappa shape index (κ1) is 13.1. The molecule has 0 heterocycles. The third-order valence-corrected chi connectivity index (χ3v) is 2.95. The van der Waals surface area contributed by atoms with E-state index in [-0.39, 0.29) is 16.7 Å². The number of carbonyl (C=O) groups is 1. The molecule has 0 radical (unpaired) electrons. The van der Waals surface area contributed by atoms with Crippen LogP contribution in [0.2, 0.25) is 5.02 Å². The molecule has 0 amide bonds. The van der Waals surface area contributed by atoms with Gasteiger partial charge >= 0.3 is 5.97 Å². The predicted molar refractivity (Wildman–Crippen MR) is 61.4 cm³/mol. The second-order valence-corrected chi connectivity index (χ2v) is 4.62. The second-order valence-electron chi connectivity index (χ2n) is 4.18. The summed E-state index contributed by atoms with van der Waals surface area (Å²) in [6, 6.07) is 2.56. The van der Waals surface area contributed by atoms with Crippen LogP contribution in [0.4, 0.5) is 8.78 Å². The highest BCUT2D eigenvalue weighted by Crippen LogP contribution is 2.46. The molecular formula is C12H11ClF2O3. The van der Waals surface area contributed by atoms with E-state index < -0.39 is 24.6 Å². The number of carboxylic acids is 1. The van der Waals surface area contributed by atoms with Crippen LogP contribution in [0.25, 0.3) is 0 Å². The van der Waals surface area contributed by atoms with Crippen molar-refractivity contribution in [3.63, 3.8) is 0 Å². The van der Waals surface area contributed by atoms with E-state index in [0.717, 1.165) is 18.9 Å². The average molecular weight is 277 g/mol. The summed E-state index contributed by atoms with van der Waals surface area (Å²) < 4.78 is 31.2. The van der Waals surface area contributed by atoms with Crippen LogP contribution >= 0.6 is 11.6 Å². The molecule has 3 nitrogen and oxygen atoms in total. The first-order valence-corrected chi connectivity index (χ1v) is 5.85. The molecule has 1 aliphatic carbocycles. The molecule has 1 fully saturated rings. The predicted octanol–water partition coefficient (Wildman–Crippen LogP) is 3.16. The lowest BCUT2D eigenvalue weighted by Gasteiger charge is -2.16. The van der Waals surface area contributed by atoms with Gasteiger partial charge in [-0.05, 0) is 30.9 Å². The van der Waals surface area contributed by atoms with Crippen LogP contribution < -0.4 is 4.74 Å². The lowest BCUT2D eigenvalue weighted by molar-refractivity contribution is -0.145. The zero-order chi connectivity index (χ0) is 13.3. The lowest BCUT2D eigenvalue weighted by Crippen LogP contribution is -2.29. The smallest absolute Gasteiger partial charge is 0.347 e. The number of carboxylic acid groups (broad SMARTS) is 1. The molecule has 1 aromatic rings. The van der Waals surface area contributed by atoms with Gasteiger partial charge in [-0.3, -0.25) is 0 Å². The summed E-state index contributed by atoms with van der Waals surface area (Å²) in [4.78, 5) is 10.7. The van der Waals surface area contributed by atoms with Crippen molar-refractivity contribution in [2.75, 3.05) is 6.67 Å². The molecule has 0 aromatic heterocycles. The molecule has 0 aliphatic heterocycles. The zero-order valence-electron chi connectivity index (χ0n) is 9.33. The Kier molecular flexibility index (Phi) is 3.71. The maximum atomic E-state index is 13.7. The van der Waals surface area contributed by atoms with E-state index in [4.69, 9.17) is 21.4 Å². The summed E-state index contributed by atoms with van der Waals surface area (Å²) in [7, 11) is 0. The summed E-state index contributed by atoms with van der Waals surface area (Å²) in [6.07, 6.45) is 0.0330. The third kappa shape index (κ3) is 2.72. The fraction of sp³-hybridized carbons (Fsp3) is 0.417. The normalized spacial score (nSPS) is 16.4. The van der Waals surface area contributed by atoms with Crippen LogP contribution in [0.5, 0.6) is 5.75 Å². The van der Waals surface area contributed by atoms with E-state index in [2.05, 4.69) is 0 Å². The molecule has 0 spiro atoms. The van der Waals surface area contributed by atoms with Gasteiger partial charge in [0.1, 0.15) is 6.67 Å². The first-order chi connectivity index (χ1) is 8.52. The van der Waals surface area contributed by atoms with Crippen molar-refractivity contribution in [1.29, 1.82) is 0 Å². The van der Waals surface area contributed by atoms with Crippen molar-refractivity contribution in [1.82, 2.24) is 0 Å². The Morgan fingerprint density at radius 2 is 2.22 bits per heavy atom. The summed E-state index contributed by atoms with van der Waals surface area (Å²) in [5, 5.41) is 8.93. The molecule has 1 aromatic carbocycles.